The van der Waals surface area contributed by atoms with Crippen molar-refractivity contribution < 1.29 is 14.4 Å². The predicted octanol–water partition coefficient (Wildman–Crippen LogP) is 4.48. The summed E-state index contributed by atoms with van der Waals surface area (Å²) >= 11 is 0. The lowest BCUT2D eigenvalue weighted by Crippen LogP contribution is -2.50. The van der Waals surface area contributed by atoms with E-state index in [9.17, 15) is 14.4 Å². The molecule has 37 heavy (non-hydrogen) atoms. The smallest absolute Gasteiger partial charge is 0.308 e. The molecular weight excluding hydrogens is 466 g/mol. The van der Waals surface area contributed by atoms with Crippen LogP contribution in [0.3, 0.4) is 0 Å². The van der Waals surface area contributed by atoms with Crippen molar-refractivity contribution >= 4 is 34.8 Å². The number of para-hydroxylation sites is 1. The van der Waals surface area contributed by atoms with Crippen LogP contribution in [0.25, 0.3) is 0 Å². The average Bonchev–Trinajstić information content (AvgIpc) is 3.42. The second-order valence-electron chi connectivity index (χ2n) is 9.45. The number of aryl methyl sites for hydroxylation is 1. The van der Waals surface area contributed by atoms with Gasteiger partial charge < -0.3 is 15.5 Å². The molecule has 188 valence electrons. The van der Waals surface area contributed by atoms with Crippen LogP contribution in [0, 0.1) is 12.8 Å². The van der Waals surface area contributed by atoms with Crippen LogP contribution in [-0.2, 0) is 9.59 Å². The standard InChI is InChI=1S/C29H29N5O3/c1-19-9-8-12-21(17-19)31-29(37)33-27-28(36)34(18-25(35)20-10-2-3-11-20)24-15-5-4-13-22(24)26(32-27)23-14-6-7-16-30-23/h4-9,12-17,20,27H,2-3,10-11,18H2,1H3,(H2,31,33,37)/t27-/m0/s1. The molecular formula is C29H29N5O3. The minimum Gasteiger partial charge on any atom is -0.308 e. The van der Waals surface area contributed by atoms with Crippen molar-refractivity contribution in [2.75, 3.05) is 16.8 Å². The van der Waals surface area contributed by atoms with Crippen LogP contribution in [0.2, 0.25) is 0 Å². The summed E-state index contributed by atoms with van der Waals surface area (Å²) in [6.07, 6.45) is 4.15. The molecule has 0 bridgehead atoms. The van der Waals surface area contributed by atoms with Crippen LogP contribution in [0.4, 0.5) is 16.2 Å². The van der Waals surface area contributed by atoms with Crippen LogP contribution in [0.15, 0.2) is 77.9 Å². The Morgan fingerprint density at radius 3 is 2.54 bits per heavy atom. The van der Waals surface area contributed by atoms with Crippen molar-refractivity contribution in [2.45, 2.75) is 38.8 Å². The first-order valence-electron chi connectivity index (χ1n) is 12.6. The third-order valence-corrected chi connectivity index (χ3v) is 6.78. The molecule has 1 aromatic heterocycles. The van der Waals surface area contributed by atoms with E-state index >= 15 is 0 Å². The van der Waals surface area contributed by atoms with E-state index in [2.05, 4.69) is 15.6 Å². The van der Waals surface area contributed by atoms with Gasteiger partial charge in [0.25, 0.3) is 5.91 Å². The Morgan fingerprint density at radius 2 is 1.78 bits per heavy atom. The first-order valence-corrected chi connectivity index (χ1v) is 12.6. The Kier molecular flexibility index (Phi) is 7.07. The molecule has 1 aliphatic heterocycles. The van der Waals surface area contributed by atoms with Gasteiger partial charge in [-0.25, -0.2) is 9.79 Å². The van der Waals surface area contributed by atoms with Gasteiger partial charge in [-0.1, -0.05) is 49.2 Å². The maximum Gasteiger partial charge on any atom is 0.321 e. The van der Waals surface area contributed by atoms with Crippen molar-refractivity contribution in [3.05, 3.63) is 89.7 Å². The third-order valence-electron chi connectivity index (χ3n) is 6.78. The Balaban J connectivity index is 1.51. The summed E-state index contributed by atoms with van der Waals surface area (Å²) in [5.41, 5.74) is 3.89. The normalized spacial score (nSPS) is 17.5. The van der Waals surface area contributed by atoms with Gasteiger partial charge in [-0.05, 0) is 55.7 Å². The number of Topliss-reactive ketones (excluding diaryl/α,β-unsaturated/α-hetero) is 1. The van der Waals surface area contributed by atoms with Gasteiger partial charge in [-0.3, -0.25) is 14.6 Å². The number of fused-ring (bicyclic) bond motifs is 1. The lowest BCUT2D eigenvalue weighted by Gasteiger charge is -2.26. The van der Waals surface area contributed by atoms with Crippen molar-refractivity contribution in [2.24, 2.45) is 10.9 Å². The van der Waals surface area contributed by atoms with E-state index in [1.54, 1.807) is 18.3 Å². The van der Waals surface area contributed by atoms with Crippen molar-refractivity contribution in [1.29, 1.82) is 0 Å². The van der Waals surface area contributed by atoms with E-state index in [4.69, 9.17) is 4.99 Å². The second kappa shape index (κ2) is 10.7. The Bertz CT molecular complexity index is 1350. The summed E-state index contributed by atoms with van der Waals surface area (Å²) < 4.78 is 0. The number of hydrogen-bond acceptors (Lipinski definition) is 5. The molecule has 8 heteroatoms. The number of nitrogens with one attached hydrogen (secondary N) is 2. The van der Waals surface area contributed by atoms with Gasteiger partial charge in [0, 0.05) is 23.4 Å². The third kappa shape index (κ3) is 5.43. The maximum atomic E-state index is 13.9. The van der Waals surface area contributed by atoms with E-state index in [1.165, 1.54) is 4.90 Å². The number of carbonyl (C=O) groups is 3. The minimum absolute atomic E-state index is 0.0323. The number of ketones is 1. The average molecular weight is 496 g/mol. The molecule has 2 heterocycles. The highest BCUT2D eigenvalue weighted by Crippen LogP contribution is 2.30. The highest BCUT2D eigenvalue weighted by Gasteiger charge is 2.36. The second-order valence-corrected chi connectivity index (χ2v) is 9.45. The number of pyridine rings is 1. The molecule has 1 aliphatic carbocycles. The van der Waals surface area contributed by atoms with Crippen molar-refractivity contribution in [3.63, 3.8) is 0 Å². The summed E-state index contributed by atoms with van der Waals surface area (Å²) in [4.78, 5) is 50.7. The Hall–Kier alpha value is -4.33. The zero-order valence-electron chi connectivity index (χ0n) is 20.7. The summed E-state index contributed by atoms with van der Waals surface area (Å²) in [6.45, 7) is 1.86. The molecule has 2 aliphatic rings. The summed E-state index contributed by atoms with van der Waals surface area (Å²) in [7, 11) is 0. The van der Waals surface area contributed by atoms with Gasteiger partial charge in [-0.2, -0.15) is 0 Å². The van der Waals surface area contributed by atoms with Gasteiger partial charge in [-0.15, -0.1) is 0 Å². The quantitative estimate of drug-likeness (QED) is 0.526. The molecule has 2 N–H and O–H groups in total. The van der Waals surface area contributed by atoms with Crippen LogP contribution in [-0.4, -0.2) is 41.1 Å². The number of carbonyl (C=O) groups excluding carboxylic acids is 3. The lowest BCUT2D eigenvalue weighted by molar-refractivity contribution is -0.125. The van der Waals surface area contributed by atoms with E-state index < -0.39 is 18.1 Å². The fourth-order valence-corrected chi connectivity index (χ4v) is 4.94. The number of nitrogens with zero attached hydrogens (tertiary/aromatic N) is 3. The van der Waals surface area contributed by atoms with Crippen LogP contribution in [0.5, 0.6) is 0 Å². The Labute approximate surface area is 215 Å². The zero-order chi connectivity index (χ0) is 25.8. The maximum absolute atomic E-state index is 13.9. The van der Waals surface area contributed by atoms with Crippen LogP contribution in [0.1, 0.15) is 42.5 Å². The van der Waals surface area contributed by atoms with E-state index in [0.717, 1.165) is 31.2 Å². The van der Waals surface area contributed by atoms with Gasteiger partial charge in [0.2, 0.25) is 6.17 Å². The summed E-state index contributed by atoms with van der Waals surface area (Å²) in [6, 6.07) is 19.6. The van der Waals surface area contributed by atoms with E-state index in [-0.39, 0.29) is 18.2 Å². The monoisotopic (exact) mass is 495 g/mol. The largest absolute Gasteiger partial charge is 0.321 e. The first kappa shape index (κ1) is 24.4. The molecule has 0 radical (unpaired) electrons. The number of amides is 3. The zero-order valence-corrected chi connectivity index (χ0v) is 20.7. The number of rotatable bonds is 6. The minimum atomic E-state index is -1.24. The number of aliphatic imine (C=N–C) groups is 1. The first-order chi connectivity index (χ1) is 18.0. The molecule has 1 fully saturated rings. The highest BCUT2D eigenvalue weighted by molar-refractivity contribution is 6.20. The topological polar surface area (TPSA) is 104 Å². The fraction of sp³-hybridized carbons (Fsp3) is 0.276. The van der Waals surface area contributed by atoms with Gasteiger partial charge in [0.1, 0.15) is 0 Å². The molecule has 1 atom stereocenters. The Morgan fingerprint density at radius 1 is 1.00 bits per heavy atom. The van der Waals surface area contributed by atoms with Crippen LogP contribution < -0.4 is 15.5 Å². The molecule has 0 spiro atoms. The van der Waals surface area contributed by atoms with E-state index in [0.29, 0.717) is 28.3 Å². The molecule has 0 unspecified atom stereocenters. The molecule has 2 aromatic carbocycles. The molecule has 8 nitrogen and oxygen atoms in total. The van der Waals surface area contributed by atoms with Crippen LogP contribution >= 0.6 is 0 Å². The number of aromatic nitrogens is 1. The molecule has 5 rings (SSSR count). The van der Waals surface area contributed by atoms with E-state index in [1.807, 2.05) is 61.5 Å². The highest BCUT2D eigenvalue weighted by atomic mass is 16.2. The SMILES string of the molecule is Cc1cccc(NC(=O)N[C@@H]2N=C(c3ccccn3)c3ccccc3N(CC(=O)C3CCCC3)C2=O)c1. The van der Waals surface area contributed by atoms with Crippen molar-refractivity contribution in [1.82, 2.24) is 10.3 Å². The number of benzodiazepines with no additional fused rings is 1. The molecule has 3 amide bonds. The lowest BCUT2D eigenvalue weighted by atomic mass is 10.0. The summed E-state index contributed by atoms with van der Waals surface area (Å²) in [5.74, 6) is -0.482. The van der Waals surface area contributed by atoms with Gasteiger partial charge >= 0.3 is 6.03 Å². The fourth-order valence-electron chi connectivity index (χ4n) is 4.94. The van der Waals surface area contributed by atoms with Crippen molar-refractivity contribution in [3.8, 4) is 0 Å². The molecule has 0 saturated heterocycles. The number of benzene rings is 2. The number of anilines is 2. The number of hydrogen-bond donors (Lipinski definition) is 2. The van der Waals surface area contributed by atoms with Gasteiger partial charge in [0.15, 0.2) is 5.78 Å². The molecule has 3 aromatic rings. The number of urea groups is 1. The van der Waals surface area contributed by atoms with Gasteiger partial charge in [0.05, 0.1) is 23.6 Å². The molecule has 1 saturated carbocycles. The summed E-state index contributed by atoms with van der Waals surface area (Å²) in [5, 5.41) is 5.49. The predicted molar refractivity (Wildman–Crippen MR) is 143 cm³/mol.